The first-order valence-corrected chi connectivity index (χ1v) is 6.18. The molecule has 0 unspecified atom stereocenters. The number of methoxy groups -OCH3 is 1. The minimum Gasteiger partial charge on any atom is -0.495 e. The van der Waals surface area contributed by atoms with Crippen LogP contribution in [0.3, 0.4) is 0 Å². The molecule has 18 heavy (non-hydrogen) atoms. The van der Waals surface area contributed by atoms with Gasteiger partial charge in [-0.05, 0) is 33.0 Å². The third-order valence-corrected chi connectivity index (χ3v) is 3.40. The van der Waals surface area contributed by atoms with E-state index in [2.05, 4.69) is 17.3 Å². The lowest BCUT2D eigenvalue weighted by molar-refractivity contribution is 0.263. The average molecular weight is 253 g/mol. The molecular formula is C13H20FN3O. The van der Waals surface area contributed by atoms with Gasteiger partial charge in [-0.15, -0.1) is 0 Å². The Balaban J connectivity index is 2.09. The zero-order valence-electron chi connectivity index (χ0n) is 10.9. The molecule has 4 nitrogen and oxygen atoms in total. The lowest BCUT2D eigenvalue weighted by Crippen LogP contribution is -2.36. The first-order chi connectivity index (χ1) is 8.60. The third-order valence-electron chi connectivity index (χ3n) is 3.40. The van der Waals surface area contributed by atoms with Crippen LogP contribution in [0.15, 0.2) is 12.1 Å². The van der Waals surface area contributed by atoms with Crippen molar-refractivity contribution in [3.63, 3.8) is 0 Å². The smallest absolute Gasteiger partial charge is 0.148 e. The van der Waals surface area contributed by atoms with Crippen LogP contribution in [-0.4, -0.2) is 38.2 Å². The van der Waals surface area contributed by atoms with Crippen molar-refractivity contribution in [3.05, 3.63) is 17.9 Å². The summed E-state index contributed by atoms with van der Waals surface area (Å²) in [6, 6.07) is 3.24. The number of anilines is 2. The molecule has 0 saturated carbocycles. The fraction of sp³-hybridized carbons (Fsp3) is 0.538. The summed E-state index contributed by atoms with van der Waals surface area (Å²) in [7, 11) is 3.63. The molecule has 0 bridgehead atoms. The fourth-order valence-electron chi connectivity index (χ4n) is 2.23. The molecule has 1 saturated heterocycles. The second-order valence-corrected chi connectivity index (χ2v) is 4.80. The standard InChI is InChI=1S/C13H20FN3O/c1-17-5-3-9(4-6-17)16-12-8-13(18-2)11(15)7-10(12)14/h7-9,16H,3-6,15H2,1-2H3. The van der Waals surface area contributed by atoms with Crippen LogP contribution in [0.2, 0.25) is 0 Å². The molecule has 1 aliphatic heterocycles. The average Bonchev–Trinajstić information content (AvgIpc) is 2.35. The van der Waals surface area contributed by atoms with Gasteiger partial charge in [-0.25, -0.2) is 4.39 Å². The third kappa shape index (κ3) is 2.85. The lowest BCUT2D eigenvalue weighted by Gasteiger charge is -2.30. The summed E-state index contributed by atoms with van der Waals surface area (Å²) in [6.07, 6.45) is 2.03. The summed E-state index contributed by atoms with van der Waals surface area (Å²) in [5.41, 5.74) is 6.44. The highest BCUT2D eigenvalue weighted by Gasteiger charge is 2.18. The van der Waals surface area contributed by atoms with Crippen LogP contribution in [-0.2, 0) is 0 Å². The first kappa shape index (κ1) is 13.0. The number of piperidine rings is 1. The number of benzene rings is 1. The van der Waals surface area contributed by atoms with Gasteiger partial charge < -0.3 is 20.7 Å². The molecule has 0 radical (unpaired) electrons. The van der Waals surface area contributed by atoms with Gasteiger partial charge >= 0.3 is 0 Å². The molecule has 1 fully saturated rings. The minimum absolute atomic E-state index is 0.309. The Hall–Kier alpha value is -1.49. The Labute approximate surface area is 107 Å². The second kappa shape index (κ2) is 5.44. The van der Waals surface area contributed by atoms with E-state index in [4.69, 9.17) is 10.5 Å². The maximum absolute atomic E-state index is 13.8. The largest absolute Gasteiger partial charge is 0.495 e. The van der Waals surface area contributed by atoms with Crippen LogP contribution in [0.4, 0.5) is 15.8 Å². The summed E-state index contributed by atoms with van der Waals surface area (Å²) in [5.74, 6) is 0.180. The van der Waals surface area contributed by atoms with E-state index in [0.717, 1.165) is 25.9 Å². The summed E-state index contributed by atoms with van der Waals surface area (Å²) >= 11 is 0. The van der Waals surface area contributed by atoms with Crippen LogP contribution in [0.1, 0.15) is 12.8 Å². The van der Waals surface area contributed by atoms with Crippen molar-refractivity contribution in [2.45, 2.75) is 18.9 Å². The van der Waals surface area contributed by atoms with Gasteiger partial charge in [0.15, 0.2) is 0 Å². The van der Waals surface area contributed by atoms with Crippen LogP contribution >= 0.6 is 0 Å². The number of rotatable bonds is 3. The molecule has 5 heteroatoms. The van der Waals surface area contributed by atoms with Gasteiger partial charge in [0.1, 0.15) is 11.6 Å². The maximum Gasteiger partial charge on any atom is 0.148 e. The molecule has 100 valence electrons. The number of nitrogens with zero attached hydrogens (tertiary/aromatic N) is 1. The van der Waals surface area contributed by atoms with Crippen LogP contribution in [0.25, 0.3) is 0 Å². The zero-order chi connectivity index (χ0) is 13.1. The molecule has 1 aliphatic rings. The highest BCUT2D eigenvalue weighted by Crippen LogP contribution is 2.29. The molecular weight excluding hydrogens is 233 g/mol. The number of nitrogens with two attached hydrogens (primary N) is 1. The van der Waals surface area contributed by atoms with E-state index >= 15 is 0 Å². The summed E-state index contributed by atoms with van der Waals surface area (Å²) in [4.78, 5) is 2.28. The summed E-state index contributed by atoms with van der Waals surface area (Å²) in [6.45, 7) is 2.07. The van der Waals surface area contributed by atoms with Crippen LogP contribution in [0.5, 0.6) is 5.75 Å². The van der Waals surface area contributed by atoms with E-state index in [1.807, 2.05) is 0 Å². The van der Waals surface area contributed by atoms with E-state index < -0.39 is 0 Å². The van der Waals surface area contributed by atoms with Crippen molar-refractivity contribution in [2.75, 3.05) is 38.3 Å². The Morgan fingerprint density at radius 3 is 2.67 bits per heavy atom. The molecule has 3 N–H and O–H groups in total. The van der Waals surface area contributed by atoms with E-state index in [9.17, 15) is 4.39 Å². The lowest BCUT2D eigenvalue weighted by atomic mass is 10.1. The van der Waals surface area contributed by atoms with E-state index in [1.54, 1.807) is 6.07 Å². The van der Waals surface area contributed by atoms with Crippen LogP contribution < -0.4 is 15.8 Å². The van der Waals surface area contributed by atoms with Crippen molar-refractivity contribution in [1.29, 1.82) is 0 Å². The summed E-state index contributed by atoms with van der Waals surface area (Å²) < 4.78 is 18.9. The monoisotopic (exact) mass is 253 g/mol. The molecule has 1 heterocycles. The molecule has 1 aromatic carbocycles. The zero-order valence-corrected chi connectivity index (χ0v) is 10.9. The van der Waals surface area contributed by atoms with E-state index in [1.165, 1.54) is 13.2 Å². The van der Waals surface area contributed by atoms with Gasteiger partial charge in [0.2, 0.25) is 0 Å². The van der Waals surface area contributed by atoms with Crippen molar-refractivity contribution in [1.82, 2.24) is 4.90 Å². The Morgan fingerprint density at radius 2 is 2.06 bits per heavy atom. The van der Waals surface area contributed by atoms with Crippen molar-refractivity contribution < 1.29 is 9.13 Å². The second-order valence-electron chi connectivity index (χ2n) is 4.80. The van der Waals surface area contributed by atoms with E-state index in [0.29, 0.717) is 23.2 Å². The first-order valence-electron chi connectivity index (χ1n) is 6.18. The molecule has 0 amide bonds. The van der Waals surface area contributed by atoms with E-state index in [-0.39, 0.29) is 5.82 Å². The SMILES string of the molecule is COc1cc(NC2CCN(C)CC2)c(F)cc1N. The van der Waals surface area contributed by atoms with Gasteiger partial charge in [-0.1, -0.05) is 0 Å². The maximum atomic E-state index is 13.8. The number of nitrogen functional groups attached to an aromatic ring is 1. The number of likely N-dealkylation sites (tertiary alicyclic amines) is 1. The topological polar surface area (TPSA) is 50.5 Å². The molecule has 2 rings (SSSR count). The van der Waals surface area contributed by atoms with Gasteiger partial charge in [0.25, 0.3) is 0 Å². The highest BCUT2D eigenvalue weighted by molar-refractivity contribution is 5.62. The number of ether oxygens (including phenoxy) is 1. The molecule has 0 spiro atoms. The van der Waals surface area contributed by atoms with Gasteiger partial charge in [-0.2, -0.15) is 0 Å². The fourth-order valence-corrected chi connectivity index (χ4v) is 2.23. The predicted molar refractivity (Wildman–Crippen MR) is 71.5 cm³/mol. The molecule has 0 atom stereocenters. The van der Waals surface area contributed by atoms with Gasteiger partial charge in [0, 0.05) is 18.2 Å². The number of hydrogen-bond donors (Lipinski definition) is 2. The number of nitrogens with one attached hydrogen (secondary N) is 1. The Morgan fingerprint density at radius 1 is 1.39 bits per heavy atom. The Kier molecular flexibility index (Phi) is 3.91. The number of hydrogen-bond acceptors (Lipinski definition) is 4. The van der Waals surface area contributed by atoms with Crippen LogP contribution in [0, 0.1) is 5.82 Å². The quantitative estimate of drug-likeness (QED) is 0.808. The molecule has 0 aliphatic carbocycles. The van der Waals surface area contributed by atoms with Crippen molar-refractivity contribution in [3.8, 4) is 5.75 Å². The van der Waals surface area contributed by atoms with Crippen molar-refractivity contribution in [2.24, 2.45) is 0 Å². The summed E-state index contributed by atoms with van der Waals surface area (Å²) in [5, 5.41) is 3.23. The molecule has 0 aromatic heterocycles. The predicted octanol–water partition coefficient (Wildman–Crippen LogP) is 1.92. The van der Waals surface area contributed by atoms with Crippen molar-refractivity contribution >= 4 is 11.4 Å². The van der Waals surface area contributed by atoms with Gasteiger partial charge in [0.05, 0.1) is 18.5 Å². The Bertz CT molecular complexity index is 417. The van der Waals surface area contributed by atoms with Gasteiger partial charge in [-0.3, -0.25) is 0 Å². The minimum atomic E-state index is -0.327. The molecule has 1 aromatic rings. The normalized spacial score (nSPS) is 17.7. The highest BCUT2D eigenvalue weighted by atomic mass is 19.1. The number of halogens is 1.